The summed E-state index contributed by atoms with van der Waals surface area (Å²) in [7, 11) is 0. The van der Waals surface area contributed by atoms with Gasteiger partial charge in [-0.25, -0.2) is 4.39 Å². The lowest BCUT2D eigenvalue weighted by molar-refractivity contribution is 0.117. The van der Waals surface area contributed by atoms with Crippen LogP contribution in [0.4, 0.5) is 4.39 Å². The van der Waals surface area contributed by atoms with Crippen LogP contribution in [-0.4, -0.2) is 47.0 Å². The minimum Gasteiger partial charge on any atom is -0.392 e. The molecule has 2 N–H and O–H groups in total. The second-order valence-electron chi connectivity index (χ2n) is 5.46. The molecule has 0 spiro atoms. The van der Waals surface area contributed by atoms with Gasteiger partial charge in [-0.05, 0) is 37.1 Å². The number of piperazine rings is 1. The van der Waals surface area contributed by atoms with Crippen LogP contribution < -0.4 is 5.73 Å². The van der Waals surface area contributed by atoms with Crippen molar-refractivity contribution < 1.29 is 4.39 Å². The molecule has 1 heterocycles. The zero-order valence-electron chi connectivity index (χ0n) is 12.1. The molecule has 1 unspecified atom stereocenters. The minimum atomic E-state index is -0.165. The van der Waals surface area contributed by atoms with E-state index in [1.54, 1.807) is 6.07 Å². The standard InChI is InChI=1S/C15H22FN3S/c1-11-9-14(16)4-3-13(11)10-18-5-7-19(8-6-18)12(2)15(17)20/h3-4,9,12H,5-8,10H2,1-2H3,(H2,17,20). The van der Waals surface area contributed by atoms with E-state index in [0.717, 1.165) is 38.3 Å². The van der Waals surface area contributed by atoms with Crippen LogP contribution >= 0.6 is 12.2 Å². The van der Waals surface area contributed by atoms with Crippen LogP contribution in [0.5, 0.6) is 0 Å². The molecular formula is C15H22FN3S. The Hall–Kier alpha value is -1.04. The number of nitrogens with zero attached hydrogens (tertiary/aromatic N) is 2. The number of hydrogen-bond acceptors (Lipinski definition) is 3. The van der Waals surface area contributed by atoms with Gasteiger partial charge in [-0.2, -0.15) is 0 Å². The molecule has 1 aromatic carbocycles. The number of rotatable bonds is 4. The molecule has 1 atom stereocenters. The number of thiocarbonyl (C=S) groups is 1. The van der Waals surface area contributed by atoms with Gasteiger partial charge in [0.2, 0.25) is 0 Å². The number of benzene rings is 1. The lowest BCUT2D eigenvalue weighted by atomic mass is 10.1. The van der Waals surface area contributed by atoms with Crippen molar-refractivity contribution in [1.82, 2.24) is 9.80 Å². The summed E-state index contributed by atoms with van der Waals surface area (Å²) in [5, 5.41) is 0. The van der Waals surface area contributed by atoms with Crippen LogP contribution in [0.1, 0.15) is 18.1 Å². The highest BCUT2D eigenvalue weighted by Crippen LogP contribution is 2.15. The first-order valence-electron chi connectivity index (χ1n) is 6.98. The molecule has 110 valence electrons. The van der Waals surface area contributed by atoms with Crippen molar-refractivity contribution in [3.8, 4) is 0 Å². The molecule has 0 aliphatic carbocycles. The smallest absolute Gasteiger partial charge is 0.123 e. The van der Waals surface area contributed by atoms with E-state index >= 15 is 0 Å². The fourth-order valence-electron chi connectivity index (χ4n) is 2.57. The molecule has 1 saturated heterocycles. The molecule has 2 rings (SSSR count). The lowest BCUT2D eigenvalue weighted by Crippen LogP contribution is -2.52. The Morgan fingerprint density at radius 1 is 1.35 bits per heavy atom. The topological polar surface area (TPSA) is 32.5 Å². The summed E-state index contributed by atoms with van der Waals surface area (Å²) in [6, 6.07) is 5.18. The largest absolute Gasteiger partial charge is 0.392 e. The number of aryl methyl sites for hydroxylation is 1. The van der Waals surface area contributed by atoms with E-state index in [0.29, 0.717) is 4.99 Å². The molecular weight excluding hydrogens is 273 g/mol. The molecule has 1 aliphatic heterocycles. The molecule has 0 radical (unpaired) electrons. The van der Waals surface area contributed by atoms with E-state index in [1.807, 2.05) is 13.0 Å². The maximum absolute atomic E-state index is 13.1. The highest BCUT2D eigenvalue weighted by molar-refractivity contribution is 7.80. The van der Waals surface area contributed by atoms with Crippen LogP contribution in [-0.2, 0) is 6.54 Å². The SMILES string of the molecule is Cc1cc(F)ccc1CN1CCN(C(C)C(N)=S)CC1. The summed E-state index contributed by atoms with van der Waals surface area (Å²) in [4.78, 5) is 5.27. The molecule has 1 aliphatic rings. The summed E-state index contributed by atoms with van der Waals surface area (Å²) in [6.45, 7) is 8.82. The molecule has 0 amide bonds. The van der Waals surface area contributed by atoms with E-state index in [1.165, 1.54) is 11.6 Å². The van der Waals surface area contributed by atoms with Crippen LogP contribution in [0.25, 0.3) is 0 Å². The van der Waals surface area contributed by atoms with Crippen LogP contribution in [0, 0.1) is 12.7 Å². The monoisotopic (exact) mass is 295 g/mol. The highest BCUT2D eigenvalue weighted by atomic mass is 32.1. The summed E-state index contributed by atoms with van der Waals surface area (Å²) in [5.74, 6) is -0.165. The van der Waals surface area contributed by atoms with Gasteiger partial charge in [-0.3, -0.25) is 9.80 Å². The van der Waals surface area contributed by atoms with E-state index in [2.05, 4.69) is 16.7 Å². The molecule has 1 aromatic rings. The van der Waals surface area contributed by atoms with Crippen molar-refractivity contribution in [2.45, 2.75) is 26.4 Å². The molecule has 20 heavy (non-hydrogen) atoms. The van der Waals surface area contributed by atoms with E-state index in [-0.39, 0.29) is 11.9 Å². The highest BCUT2D eigenvalue weighted by Gasteiger charge is 2.22. The van der Waals surface area contributed by atoms with Gasteiger partial charge in [0.05, 0.1) is 11.0 Å². The van der Waals surface area contributed by atoms with Crippen LogP contribution in [0.15, 0.2) is 18.2 Å². The fourth-order valence-corrected chi connectivity index (χ4v) is 2.72. The summed E-state index contributed by atoms with van der Waals surface area (Å²) in [5.41, 5.74) is 7.91. The van der Waals surface area contributed by atoms with E-state index in [9.17, 15) is 4.39 Å². The second-order valence-corrected chi connectivity index (χ2v) is 5.93. The van der Waals surface area contributed by atoms with Gasteiger partial charge < -0.3 is 5.73 Å². The van der Waals surface area contributed by atoms with E-state index in [4.69, 9.17) is 18.0 Å². The number of nitrogens with two attached hydrogens (primary N) is 1. The first-order valence-corrected chi connectivity index (χ1v) is 7.39. The Labute approximate surface area is 125 Å². The van der Waals surface area contributed by atoms with Gasteiger partial charge in [-0.1, -0.05) is 18.3 Å². The average molecular weight is 295 g/mol. The van der Waals surface area contributed by atoms with Crippen molar-refractivity contribution in [3.05, 3.63) is 35.1 Å². The molecule has 0 saturated carbocycles. The molecule has 5 heteroatoms. The Morgan fingerprint density at radius 2 is 2.00 bits per heavy atom. The minimum absolute atomic E-state index is 0.165. The maximum Gasteiger partial charge on any atom is 0.123 e. The normalized spacial score (nSPS) is 18.9. The summed E-state index contributed by atoms with van der Waals surface area (Å²) >= 11 is 5.05. The Kier molecular flexibility index (Phi) is 5.07. The molecule has 0 bridgehead atoms. The lowest BCUT2D eigenvalue weighted by Gasteiger charge is -2.37. The predicted molar refractivity (Wildman–Crippen MR) is 84.2 cm³/mol. The van der Waals surface area contributed by atoms with Crippen molar-refractivity contribution >= 4 is 17.2 Å². The van der Waals surface area contributed by atoms with E-state index < -0.39 is 0 Å². The fraction of sp³-hybridized carbons (Fsp3) is 0.533. The quantitative estimate of drug-likeness (QED) is 0.860. The van der Waals surface area contributed by atoms with Gasteiger partial charge in [0.25, 0.3) is 0 Å². The maximum atomic E-state index is 13.1. The number of hydrogen-bond donors (Lipinski definition) is 1. The predicted octanol–water partition coefficient (Wildman–Crippen LogP) is 1.93. The summed E-state index contributed by atoms with van der Waals surface area (Å²) in [6.07, 6.45) is 0. The van der Waals surface area contributed by atoms with Gasteiger partial charge in [0.15, 0.2) is 0 Å². The third kappa shape index (κ3) is 3.75. The van der Waals surface area contributed by atoms with Crippen molar-refractivity contribution in [1.29, 1.82) is 0 Å². The first kappa shape index (κ1) is 15.4. The first-order chi connectivity index (χ1) is 9.47. The zero-order chi connectivity index (χ0) is 14.7. The third-order valence-electron chi connectivity index (χ3n) is 4.06. The van der Waals surface area contributed by atoms with Crippen molar-refractivity contribution in [2.75, 3.05) is 26.2 Å². The Morgan fingerprint density at radius 3 is 2.55 bits per heavy atom. The van der Waals surface area contributed by atoms with Gasteiger partial charge in [-0.15, -0.1) is 0 Å². The van der Waals surface area contributed by atoms with Crippen LogP contribution in [0.3, 0.4) is 0 Å². The second kappa shape index (κ2) is 6.61. The third-order valence-corrected chi connectivity index (χ3v) is 4.41. The zero-order valence-corrected chi connectivity index (χ0v) is 12.9. The average Bonchev–Trinajstić information content (AvgIpc) is 2.42. The Balaban J connectivity index is 1.90. The summed E-state index contributed by atoms with van der Waals surface area (Å²) < 4.78 is 13.1. The molecule has 0 aromatic heterocycles. The van der Waals surface area contributed by atoms with Gasteiger partial charge >= 0.3 is 0 Å². The van der Waals surface area contributed by atoms with Crippen LogP contribution in [0.2, 0.25) is 0 Å². The van der Waals surface area contributed by atoms with Gasteiger partial charge in [0.1, 0.15) is 5.82 Å². The van der Waals surface area contributed by atoms with Crippen molar-refractivity contribution in [2.24, 2.45) is 5.73 Å². The molecule has 1 fully saturated rings. The number of halogens is 1. The van der Waals surface area contributed by atoms with Gasteiger partial charge in [0, 0.05) is 32.7 Å². The molecule has 3 nitrogen and oxygen atoms in total. The Bertz CT molecular complexity index is 484. The van der Waals surface area contributed by atoms with Crippen molar-refractivity contribution in [3.63, 3.8) is 0 Å².